The molecule has 0 saturated carbocycles. The lowest BCUT2D eigenvalue weighted by atomic mass is 9.99. The van der Waals surface area contributed by atoms with E-state index in [0.29, 0.717) is 25.6 Å². The van der Waals surface area contributed by atoms with Crippen LogP contribution < -0.4 is 0 Å². The number of rotatable bonds is 8. The van der Waals surface area contributed by atoms with E-state index in [9.17, 15) is 4.79 Å². The highest BCUT2D eigenvalue weighted by Gasteiger charge is 2.38. The summed E-state index contributed by atoms with van der Waals surface area (Å²) in [6.07, 6.45) is 1.37. The first-order valence-electron chi connectivity index (χ1n) is 9.29. The van der Waals surface area contributed by atoms with Crippen molar-refractivity contribution in [3.8, 4) is 0 Å². The number of carbonyl (C=O) groups excluding carboxylic acids is 1. The van der Waals surface area contributed by atoms with Crippen molar-refractivity contribution in [1.82, 2.24) is 5.06 Å². The van der Waals surface area contributed by atoms with E-state index in [2.05, 4.69) is 38.1 Å². The molecule has 3 rings (SSSR count). The standard InChI is InChI=1S/C22H27NO3/c1-17(2)13-20-14-22(24)26-23(20)21(19-11-7-4-8-12-19)16-25-15-18-9-5-3-6-10-18/h3-12,17,20-21H,13-16H2,1-2H3/t20-,21-/m0/s1. The van der Waals surface area contributed by atoms with E-state index in [-0.39, 0.29) is 18.1 Å². The molecule has 0 aliphatic carbocycles. The molecule has 1 aliphatic heterocycles. The molecular weight excluding hydrogens is 326 g/mol. The molecule has 4 heteroatoms. The molecule has 1 fully saturated rings. The maximum atomic E-state index is 12.0. The monoisotopic (exact) mass is 353 g/mol. The fourth-order valence-electron chi connectivity index (χ4n) is 3.42. The Bertz CT molecular complexity index is 687. The van der Waals surface area contributed by atoms with Gasteiger partial charge < -0.3 is 9.57 Å². The van der Waals surface area contributed by atoms with Gasteiger partial charge in [0.05, 0.1) is 31.7 Å². The lowest BCUT2D eigenvalue weighted by Crippen LogP contribution is -2.36. The third-order valence-corrected chi connectivity index (χ3v) is 4.59. The third kappa shape index (κ3) is 4.93. The van der Waals surface area contributed by atoms with Gasteiger partial charge in [-0.25, -0.2) is 0 Å². The van der Waals surface area contributed by atoms with Crippen LogP contribution in [-0.4, -0.2) is 23.7 Å². The minimum Gasteiger partial charge on any atom is -0.375 e. The fraction of sp³-hybridized carbons (Fsp3) is 0.409. The van der Waals surface area contributed by atoms with E-state index in [1.165, 1.54) is 0 Å². The van der Waals surface area contributed by atoms with Crippen LogP contribution in [0.4, 0.5) is 0 Å². The van der Waals surface area contributed by atoms with Gasteiger partial charge in [-0.3, -0.25) is 4.79 Å². The molecule has 0 spiro atoms. The van der Waals surface area contributed by atoms with Gasteiger partial charge in [0.15, 0.2) is 0 Å². The number of ether oxygens (including phenoxy) is 1. The molecule has 4 nitrogen and oxygen atoms in total. The summed E-state index contributed by atoms with van der Waals surface area (Å²) < 4.78 is 6.00. The molecule has 2 atom stereocenters. The molecule has 0 aromatic heterocycles. The smallest absolute Gasteiger partial charge is 0.326 e. The normalized spacial score (nSPS) is 18.9. The van der Waals surface area contributed by atoms with Crippen molar-refractivity contribution >= 4 is 5.97 Å². The molecule has 2 aromatic carbocycles. The van der Waals surface area contributed by atoms with Crippen LogP contribution in [0.15, 0.2) is 60.7 Å². The van der Waals surface area contributed by atoms with Gasteiger partial charge in [0, 0.05) is 0 Å². The quantitative estimate of drug-likeness (QED) is 0.699. The van der Waals surface area contributed by atoms with Crippen LogP contribution in [0, 0.1) is 5.92 Å². The summed E-state index contributed by atoms with van der Waals surface area (Å²) in [6, 6.07) is 20.2. The fourth-order valence-corrected chi connectivity index (χ4v) is 3.42. The average Bonchev–Trinajstić information content (AvgIpc) is 2.99. The molecule has 0 radical (unpaired) electrons. The number of hydrogen-bond donors (Lipinski definition) is 0. The summed E-state index contributed by atoms with van der Waals surface area (Å²) in [4.78, 5) is 17.6. The average molecular weight is 353 g/mol. The predicted octanol–water partition coefficient (Wildman–Crippen LogP) is 4.52. The zero-order chi connectivity index (χ0) is 18.4. The SMILES string of the molecule is CC(C)C[C@H]1CC(=O)ON1[C@@H](COCc1ccccc1)c1ccccc1. The zero-order valence-electron chi connectivity index (χ0n) is 15.5. The third-order valence-electron chi connectivity index (χ3n) is 4.59. The van der Waals surface area contributed by atoms with Gasteiger partial charge in [0.2, 0.25) is 0 Å². The lowest BCUT2D eigenvalue weighted by molar-refractivity contribution is -0.195. The summed E-state index contributed by atoms with van der Waals surface area (Å²) in [5, 5.41) is 1.86. The van der Waals surface area contributed by atoms with Crippen LogP contribution in [0.2, 0.25) is 0 Å². The van der Waals surface area contributed by atoms with Crippen molar-refractivity contribution in [2.24, 2.45) is 5.92 Å². The largest absolute Gasteiger partial charge is 0.375 e. The van der Waals surface area contributed by atoms with E-state index in [1.54, 1.807) is 0 Å². The summed E-state index contributed by atoms with van der Waals surface area (Å²) in [5.74, 6) is 0.346. The Morgan fingerprint density at radius 2 is 1.73 bits per heavy atom. The molecular formula is C22H27NO3. The Balaban J connectivity index is 1.73. The first-order valence-corrected chi connectivity index (χ1v) is 9.29. The van der Waals surface area contributed by atoms with Gasteiger partial charge in [-0.2, -0.15) is 0 Å². The molecule has 1 saturated heterocycles. The first-order chi connectivity index (χ1) is 12.6. The van der Waals surface area contributed by atoms with Gasteiger partial charge in [0.1, 0.15) is 0 Å². The maximum absolute atomic E-state index is 12.0. The second-order valence-corrected chi connectivity index (χ2v) is 7.24. The highest BCUT2D eigenvalue weighted by molar-refractivity contribution is 5.71. The summed E-state index contributed by atoms with van der Waals surface area (Å²) in [6.45, 7) is 5.36. The number of nitrogens with zero attached hydrogens (tertiary/aromatic N) is 1. The zero-order valence-corrected chi connectivity index (χ0v) is 15.5. The molecule has 2 aromatic rings. The van der Waals surface area contributed by atoms with Crippen LogP contribution in [0.3, 0.4) is 0 Å². The predicted molar refractivity (Wildman–Crippen MR) is 101 cm³/mol. The molecule has 26 heavy (non-hydrogen) atoms. The summed E-state index contributed by atoms with van der Waals surface area (Å²) in [5.41, 5.74) is 2.24. The van der Waals surface area contributed by atoms with E-state index in [4.69, 9.17) is 9.57 Å². The van der Waals surface area contributed by atoms with E-state index in [1.807, 2.05) is 41.5 Å². The lowest BCUT2D eigenvalue weighted by Gasteiger charge is -2.31. The molecule has 1 heterocycles. The first kappa shape index (κ1) is 18.6. The van der Waals surface area contributed by atoms with Crippen molar-refractivity contribution in [3.63, 3.8) is 0 Å². The van der Waals surface area contributed by atoms with Crippen molar-refractivity contribution in [3.05, 3.63) is 71.8 Å². The van der Waals surface area contributed by atoms with Crippen molar-refractivity contribution in [2.45, 2.75) is 45.4 Å². The van der Waals surface area contributed by atoms with Gasteiger partial charge in [-0.1, -0.05) is 74.5 Å². The van der Waals surface area contributed by atoms with Crippen molar-refractivity contribution in [1.29, 1.82) is 0 Å². The number of carbonyl (C=O) groups is 1. The minimum atomic E-state index is -0.153. The topological polar surface area (TPSA) is 38.8 Å². The van der Waals surface area contributed by atoms with Crippen LogP contribution in [0.5, 0.6) is 0 Å². The Kier molecular flexibility index (Phi) is 6.42. The Morgan fingerprint density at radius 3 is 2.38 bits per heavy atom. The second kappa shape index (κ2) is 8.97. The highest BCUT2D eigenvalue weighted by atomic mass is 16.7. The van der Waals surface area contributed by atoms with E-state index >= 15 is 0 Å². The molecule has 1 aliphatic rings. The molecule has 0 N–H and O–H groups in total. The Hall–Kier alpha value is -2.17. The van der Waals surface area contributed by atoms with Crippen LogP contribution in [0.25, 0.3) is 0 Å². The summed E-state index contributed by atoms with van der Waals surface area (Å²) >= 11 is 0. The van der Waals surface area contributed by atoms with E-state index < -0.39 is 0 Å². The van der Waals surface area contributed by atoms with Crippen LogP contribution in [-0.2, 0) is 21.0 Å². The molecule has 0 unspecified atom stereocenters. The van der Waals surface area contributed by atoms with Crippen LogP contribution in [0.1, 0.15) is 43.9 Å². The molecule has 0 amide bonds. The number of hydroxylamine groups is 2. The maximum Gasteiger partial charge on any atom is 0.326 e. The van der Waals surface area contributed by atoms with E-state index in [0.717, 1.165) is 17.5 Å². The Morgan fingerprint density at radius 1 is 1.08 bits per heavy atom. The number of benzene rings is 2. The van der Waals surface area contributed by atoms with Gasteiger partial charge >= 0.3 is 5.97 Å². The number of hydrogen-bond acceptors (Lipinski definition) is 4. The summed E-state index contributed by atoms with van der Waals surface area (Å²) in [7, 11) is 0. The van der Waals surface area contributed by atoms with Crippen molar-refractivity contribution in [2.75, 3.05) is 6.61 Å². The molecule has 138 valence electrons. The van der Waals surface area contributed by atoms with Gasteiger partial charge in [-0.05, 0) is 23.5 Å². The van der Waals surface area contributed by atoms with Crippen molar-refractivity contribution < 1.29 is 14.4 Å². The Labute approximate surface area is 155 Å². The molecule has 0 bridgehead atoms. The van der Waals surface area contributed by atoms with Gasteiger partial charge in [0.25, 0.3) is 0 Å². The van der Waals surface area contributed by atoms with Gasteiger partial charge in [-0.15, -0.1) is 5.06 Å². The highest BCUT2D eigenvalue weighted by Crippen LogP contribution is 2.32. The second-order valence-electron chi connectivity index (χ2n) is 7.24. The van der Waals surface area contributed by atoms with Crippen LogP contribution >= 0.6 is 0 Å². The minimum absolute atomic E-state index is 0.0908.